The number of halogens is 1. The number of hydrazone groups is 1. The first-order chi connectivity index (χ1) is 13.9. The Morgan fingerprint density at radius 2 is 2.28 bits per heavy atom. The lowest BCUT2D eigenvalue weighted by Crippen LogP contribution is -2.42. The van der Waals surface area contributed by atoms with Gasteiger partial charge in [0, 0.05) is 13.5 Å². The molecule has 0 spiro atoms. The van der Waals surface area contributed by atoms with Crippen LogP contribution in [0.5, 0.6) is 0 Å². The number of nitrogens with one attached hydrogen (secondary N) is 1. The zero-order valence-electron chi connectivity index (χ0n) is 16.7. The third-order valence-electron chi connectivity index (χ3n) is 4.99. The van der Waals surface area contributed by atoms with Crippen LogP contribution in [0.4, 0.5) is 20.6 Å². The van der Waals surface area contributed by atoms with Gasteiger partial charge >= 0.3 is 6.09 Å². The van der Waals surface area contributed by atoms with Crippen LogP contribution in [0.1, 0.15) is 20.3 Å². The van der Waals surface area contributed by atoms with Crippen LogP contribution in [0.25, 0.3) is 0 Å². The highest BCUT2D eigenvalue weighted by Crippen LogP contribution is 2.28. The number of hydrogen-bond donors (Lipinski definition) is 1. The van der Waals surface area contributed by atoms with Gasteiger partial charge in [-0.3, -0.25) is 14.7 Å². The van der Waals surface area contributed by atoms with E-state index < -0.39 is 18.0 Å². The van der Waals surface area contributed by atoms with Gasteiger partial charge in [-0.2, -0.15) is 5.10 Å². The Hall–Kier alpha value is -3.10. The van der Waals surface area contributed by atoms with Gasteiger partial charge in [-0.25, -0.2) is 9.18 Å². The molecule has 0 bridgehead atoms. The van der Waals surface area contributed by atoms with Gasteiger partial charge in [-0.15, -0.1) is 6.58 Å². The highest BCUT2D eigenvalue weighted by molar-refractivity contribution is 5.90. The van der Waals surface area contributed by atoms with E-state index in [-0.39, 0.29) is 25.0 Å². The summed E-state index contributed by atoms with van der Waals surface area (Å²) in [5.74, 6) is -0.647. The van der Waals surface area contributed by atoms with Crippen LogP contribution in [0, 0.1) is 5.82 Å². The van der Waals surface area contributed by atoms with E-state index >= 15 is 0 Å². The van der Waals surface area contributed by atoms with Gasteiger partial charge in [-0.1, -0.05) is 13.0 Å². The molecule has 2 aliphatic heterocycles. The van der Waals surface area contributed by atoms with E-state index in [1.54, 1.807) is 23.4 Å². The SMILES string of the molecule is C=CC(CC)N1CCN(c2ccc(N3CC(CNC(C)=O)OC3=O)cc2F)C=N1. The molecule has 9 heteroatoms. The van der Waals surface area contributed by atoms with Crippen LogP contribution in [0.15, 0.2) is 36.0 Å². The van der Waals surface area contributed by atoms with Crippen molar-refractivity contribution >= 4 is 29.7 Å². The monoisotopic (exact) mass is 403 g/mol. The van der Waals surface area contributed by atoms with Crippen LogP contribution in [0.2, 0.25) is 0 Å². The molecule has 2 amide bonds. The molecule has 29 heavy (non-hydrogen) atoms. The first-order valence-corrected chi connectivity index (χ1v) is 9.65. The molecule has 1 fully saturated rings. The van der Waals surface area contributed by atoms with E-state index in [9.17, 15) is 14.0 Å². The van der Waals surface area contributed by atoms with Crippen molar-refractivity contribution in [3.05, 3.63) is 36.7 Å². The third kappa shape index (κ3) is 4.67. The minimum atomic E-state index is -0.558. The Morgan fingerprint density at radius 3 is 2.86 bits per heavy atom. The second-order valence-corrected chi connectivity index (χ2v) is 6.99. The normalized spacial score (nSPS) is 19.9. The number of amides is 2. The summed E-state index contributed by atoms with van der Waals surface area (Å²) >= 11 is 0. The van der Waals surface area contributed by atoms with Crippen molar-refractivity contribution in [1.82, 2.24) is 10.3 Å². The molecule has 1 aromatic rings. The third-order valence-corrected chi connectivity index (χ3v) is 4.99. The molecular formula is C20H26FN5O3. The number of cyclic esters (lactones) is 1. The summed E-state index contributed by atoms with van der Waals surface area (Å²) in [4.78, 5) is 26.2. The molecule has 0 radical (unpaired) electrons. The number of nitrogens with zero attached hydrogens (tertiary/aromatic N) is 4. The van der Waals surface area contributed by atoms with Crippen molar-refractivity contribution in [3.8, 4) is 0 Å². The number of rotatable bonds is 7. The number of carbonyl (C=O) groups excluding carboxylic acids is 2. The maximum absolute atomic E-state index is 14.8. The van der Waals surface area contributed by atoms with Gasteiger partial charge in [0.15, 0.2) is 0 Å². The number of benzene rings is 1. The molecule has 1 saturated heterocycles. The molecule has 3 rings (SSSR count). The summed E-state index contributed by atoms with van der Waals surface area (Å²) in [5, 5.41) is 8.96. The highest BCUT2D eigenvalue weighted by atomic mass is 19.1. The van der Waals surface area contributed by atoms with Crippen LogP contribution < -0.4 is 15.1 Å². The van der Waals surface area contributed by atoms with Crippen molar-refractivity contribution in [3.63, 3.8) is 0 Å². The van der Waals surface area contributed by atoms with Crippen LogP contribution >= 0.6 is 0 Å². The van der Waals surface area contributed by atoms with E-state index in [4.69, 9.17) is 4.74 Å². The predicted octanol–water partition coefficient (Wildman–Crippen LogP) is 2.32. The van der Waals surface area contributed by atoms with Gasteiger partial charge in [0.05, 0.1) is 37.1 Å². The summed E-state index contributed by atoms with van der Waals surface area (Å²) in [6.07, 6.45) is 3.35. The lowest BCUT2D eigenvalue weighted by molar-refractivity contribution is -0.119. The zero-order valence-corrected chi connectivity index (χ0v) is 16.7. The summed E-state index contributed by atoms with van der Waals surface area (Å²) in [6.45, 7) is 9.01. The van der Waals surface area contributed by atoms with Crippen LogP contribution in [-0.2, 0) is 9.53 Å². The first kappa shape index (κ1) is 20.6. The van der Waals surface area contributed by atoms with Gasteiger partial charge in [0.2, 0.25) is 5.91 Å². The number of anilines is 2. The number of hydrogen-bond acceptors (Lipinski definition) is 6. The number of carbonyl (C=O) groups is 2. The van der Waals surface area contributed by atoms with Crippen LogP contribution in [-0.4, -0.2) is 61.7 Å². The quantitative estimate of drug-likeness (QED) is 0.707. The Labute approximate surface area is 169 Å². The van der Waals surface area contributed by atoms with E-state index in [0.29, 0.717) is 24.5 Å². The Kier molecular flexibility index (Phi) is 6.36. The summed E-state index contributed by atoms with van der Waals surface area (Å²) < 4.78 is 20.0. The molecule has 2 heterocycles. The van der Waals surface area contributed by atoms with Gasteiger partial charge in [-0.05, 0) is 24.6 Å². The fraction of sp³-hybridized carbons (Fsp3) is 0.450. The minimum Gasteiger partial charge on any atom is -0.442 e. The molecule has 0 aliphatic carbocycles. The lowest BCUT2D eigenvalue weighted by atomic mass is 10.2. The molecule has 0 saturated carbocycles. The second-order valence-electron chi connectivity index (χ2n) is 6.99. The van der Waals surface area contributed by atoms with Gasteiger partial charge in [0.1, 0.15) is 18.3 Å². The fourth-order valence-corrected chi connectivity index (χ4v) is 3.38. The molecule has 1 aromatic carbocycles. The largest absolute Gasteiger partial charge is 0.442 e. The maximum Gasteiger partial charge on any atom is 0.414 e. The van der Waals surface area contributed by atoms with E-state index in [1.165, 1.54) is 17.9 Å². The Balaban J connectivity index is 1.68. The molecule has 0 aromatic heterocycles. The molecule has 2 aliphatic rings. The standard InChI is InChI=1S/C20H26FN5O3/c1-4-15(5-2)26-9-8-24(13-23-26)19-7-6-16(10-18(19)21)25-12-17(29-20(25)28)11-22-14(3)27/h4,6-7,10,13,15,17H,1,5,8-9,11-12H2,2-3H3,(H,22,27). The van der Waals surface area contributed by atoms with E-state index in [1.807, 2.05) is 11.1 Å². The number of ether oxygens (including phenoxy) is 1. The summed E-state index contributed by atoms with van der Waals surface area (Å²) in [5.41, 5.74) is 0.806. The van der Waals surface area contributed by atoms with Crippen molar-refractivity contribution in [2.24, 2.45) is 5.10 Å². The summed E-state index contributed by atoms with van der Waals surface area (Å²) in [6, 6.07) is 4.79. The topological polar surface area (TPSA) is 77.5 Å². The van der Waals surface area contributed by atoms with Gasteiger partial charge < -0.3 is 15.0 Å². The van der Waals surface area contributed by atoms with E-state index in [2.05, 4.69) is 23.9 Å². The van der Waals surface area contributed by atoms with Crippen molar-refractivity contribution < 1.29 is 18.7 Å². The summed E-state index contributed by atoms with van der Waals surface area (Å²) in [7, 11) is 0. The van der Waals surface area contributed by atoms with Crippen molar-refractivity contribution in [1.29, 1.82) is 0 Å². The Bertz CT molecular complexity index is 815. The Morgan fingerprint density at radius 1 is 1.48 bits per heavy atom. The average molecular weight is 403 g/mol. The molecular weight excluding hydrogens is 377 g/mol. The first-order valence-electron chi connectivity index (χ1n) is 9.65. The fourth-order valence-electron chi connectivity index (χ4n) is 3.38. The lowest BCUT2D eigenvalue weighted by Gasteiger charge is -2.33. The second kappa shape index (κ2) is 8.93. The molecule has 1 N–H and O–H groups in total. The maximum atomic E-state index is 14.8. The highest BCUT2D eigenvalue weighted by Gasteiger charge is 2.33. The smallest absolute Gasteiger partial charge is 0.414 e. The molecule has 2 unspecified atom stereocenters. The van der Waals surface area contributed by atoms with Crippen LogP contribution in [0.3, 0.4) is 0 Å². The van der Waals surface area contributed by atoms with Gasteiger partial charge in [0.25, 0.3) is 0 Å². The minimum absolute atomic E-state index is 0.159. The zero-order chi connectivity index (χ0) is 21.0. The predicted molar refractivity (Wildman–Crippen MR) is 110 cm³/mol. The molecule has 8 nitrogen and oxygen atoms in total. The molecule has 156 valence electrons. The van der Waals surface area contributed by atoms with Crippen molar-refractivity contribution in [2.45, 2.75) is 32.4 Å². The van der Waals surface area contributed by atoms with Crippen molar-refractivity contribution in [2.75, 3.05) is 36.0 Å². The molecule has 2 atom stereocenters. The average Bonchev–Trinajstić information content (AvgIpc) is 3.08. The van der Waals surface area contributed by atoms with E-state index in [0.717, 1.165) is 6.42 Å².